The molecule has 2 aromatic rings. The lowest BCUT2D eigenvalue weighted by Crippen LogP contribution is -2.41. The fourth-order valence-corrected chi connectivity index (χ4v) is 3.15. The van der Waals surface area contributed by atoms with Gasteiger partial charge < -0.3 is 10.2 Å². The Balaban J connectivity index is 1.67. The Morgan fingerprint density at radius 3 is 2.96 bits per heavy atom. The Kier molecular flexibility index (Phi) is 5.13. The number of pyridine rings is 2. The van der Waals surface area contributed by atoms with E-state index in [2.05, 4.69) is 36.1 Å². The van der Waals surface area contributed by atoms with Gasteiger partial charge in [0, 0.05) is 30.0 Å². The third-order valence-electron chi connectivity index (χ3n) is 3.81. The van der Waals surface area contributed by atoms with E-state index >= 15 is 0 Å². The molecule has 1 amide bonds. The largest absolute Gasteiger partial charge is 0.355 e. The van der Waals surface area contributed by atoms with Gasteiger partial charge in [-0.25, -0.2) is 9.97 Å². The number of halogens is 2. The number of nitrogens with zero attached hydrogens (tertiary/aromatic N) is 3. The average Bonchev–Trinajstić information content (AvgIpc) is 2.57. The van der Waals surface area contributed by atoms with Crippen molar-refractivity contribution in [3.05, 3.63) is 46.2 Å². The molecule has 0 saturated carbocycles. The van der Waals surface area contributed by atoms with Crippen molar-refractivity contribution in [1.29, 1.82) is 0 Å². The Bertz CT molecular complexity index is 695. The van der Waals surface area contributed by atoms with Crippen LogP contribution in [0.25, 0.3) is 0 Å². The maximum Gasteiger partial charge on any atom is 0.230 e. The second kappa shape index (κ2) is 7.27. The highest BCUT2D eigenvalue weighted by Gasteiger charge is 2.27. The van der Waals surface area contributed by atoms with Gasteiger partial charge in [0.05, 0.1) is 10.9 Å². The van der Waals surface area contributed by atoms with E-state index in [1.54, 1.807) is 24.5 Å². The number of aromatic nitrogens is 2. The third kappa shape index (κ3) is 4.00. The SMILES string of the molecule is O=C(Nc1ccc(Br)cn1)C1CCCN(c2ncccc2Cl)C1. The van der Waals surface area contributed by atoms with E-state index in [9.17, 15) is 4.79 Å². The zero-order chi connectivity index (χ0) is 16.2. The van der Waals surface area contributed by atoms with E-state index in [4.69, 9.17) is 11.6 Å². The fraction of sp³-hybridized carbons (Fsp3) is 0.312. The number of nitrogens with one attached hydrogen (secondary N) is 1. The molecule has 3 heterocycles. The molecule has 1 N–H and O–H groups in total. The van der Waals surface area contributed by atoms with Crippen molar-refractivity contribution in [3.63, 3.8) is 0 Å². The van der Waals surface area contributed by atoms with Crippen molar-refractivity contribution >= 4 is 45.1 Å². The number of amides is 1. The van der Waals surface area contributed by atoms with Gasteiger partial charge in [-0.05, 0) is 53.0 Å². The Morgan fingerprint density at radius 1 is 1.35 bits per heavy atom. The summed E-state index contributed by atoms with van der Waals surface area (Å²) in [4.78, 5) is 23.1. The summed E-state index contributed by atoms with van der Waals surface area (Å²) in [7, 11) is 0. The number of anilines is 2. The normalized spacial score (nSPS) is 17.8. The first kappa shape index (κ1) is 16.2. The minimum atomic E-state index is -0.104. The monoisotopic (exact) mass is 394 g/mol. The summed E-state index contributed by atoms with van der Waals surface area (Å²) in [6.45, 7) is 1.47. The lowest BCUT2D eigenvalue weighted by atomic mass is 9.97. The second-order valence-corrected chi connectivity index (χ2v) is 6.77. The van der Waals surface area contributed by atoms with E-state index in [1.165, 1.54) is 0 Å². The van der Waals surface area contributed by atoms with Crippen molar-refractivity contribution in [2.24, 2.45) is 5.92 Å². The van der Waals surface area contributed by atoms with Gasteiger partial charge in [-0.1, -0.05) is 11.6 Å². The molecule has 7 heteroatoms. The van der Waals surface area contributed by atoms with Gasteiger partial charge >= 0.3 is 0 Å². The highest BCUT2D eigenvalue weighted by Crippen LogP contribution is 2.27. The predicted molar refractivity (Wildman–Crippen MR) is 94.8 cm³/mol. The number of hydrogen-bond donors (Lipinski definition) is 1. The zero-order valence-corrected chi connectivity index (χ0v) is 14.7. The Labute approximate surface area is 148 Å². The van der Waals surface area contributed by atoms with Gasteiger partial charge in [-0.15, -0.1) is 0 Å². The first-order valence-electron chi connectivity index (χ1n) is 7.41. The molecule has 1 saturated heterocycles. The van der Waals surface area contributed by atoms with Crippen molar-refractivity contribution in [1.82, 2.24) is 9.97 Å². The van der Waals surface area contributed by atoms with Crippen LogP contribution >= 0.6 is 27.5 Å². The second-order valence-electron chi connectivity index (χ2n) is 5.44. The topological polar surface area (TPSA) is 58.1 Å². The third-order valence-corrected chi connectivity index (χ3v) is 4.57. The molecule has 1 aliphatic rings. The van der Waals surface area contributed by atoms with Crippen LogP contribution in [-0.2, 0) is 4.79 Å². The van der Waals surface area contributed by atoms with Crippen LogP contribution in [0, 0.1) is 5.92 Å². The molecule has 0 aliphatic carbocycles. The summed E-state index contributed by atoms with van der Waals surface area (Å²) in [5.41, 5.74) is 0. The van der Waals surface area contributed by atoms with E-state index < -0.39 is 0 Å². The Hall–Kier alpha value is -1.66. The molecule has 23 heavy (non-hydrogen) atoms. The standard InChI is InChI=1S/C16H16BrClN4O/c17-12-5-6-14(20-9-12)21-16(23)11-3-2-8-22(10-11)15-13(18)4-1-7-19-15/h1,4-7,9,11H,2-3,8,10H2,(H,20,21,23). The van der Waals surface area contributed by atoms with Gasteiger partial charge in [0.15, 0.2) is 0 Å². The van der Waals surface area contributed by atoms with Crippen LogP contribution in [0.15, 0.2) is 41.1 Å². The lowest BCUT2D eigenvalue weighted by molar-refractivity contribution is -0.120. The summed E-state index contributed by atoms with van der Waals surface area (Å²) >= 11 is 9.54. The number of carbonyl (C=O) groups excluding carboxylic acids is 1. The predicted octanol–water partition coefficient (Wildman–Crippen LogP) is 3.75. The molecule has 0 bridgehead atoms. The summed E-state index contributed by atoms with van der Waals surface area (Å²) < 4.78 is 0.879. The molecule has 1 atom stereocenters. The highest BCUT2D eigenvalue weighted by atomic mass is 79.9. The summed E-state index contributed by atoms with van der Waals surface area (Å²) in [5.74, 6) is 1.18. The first-order chi connectivity index (χ1) is 11.1. The van der Waals surface area contributed by atoms with Crippen molar-refractivity contribution < 1.29 is 4.79 Å². The van der Waals surface area contributed by atoms with Crippen LogP contribution in [-0.4, -0.2) is 29.0 Å². The van der Waals surface area contributed by atoms with Crippen LogP contribution in [0.3, 0.4) is 0 Å². The van der Waals surface area contributed by atoms with Gasteiger partial charge in [0.1, 0.15) is 11.6 Å². The molecule has 1 aliphatic heterocycles. The molecule has 2 aromatic heterocycles. The molecule has 5 nitrogen and oxygen atoms in total. The molecule has 0 spiro atoms. The average molecular weight is 396 g/mol. The van der Waals surface area contributed by atoms with Crippen LogP contribution in [0.1, 0.15) is 12.8 Å². The lowest BCUT2D eigenvalue weighted by Gasteiger charge is -2.33. The van der Waals surface area contributed by atoms with Crippen LogP contribution < -0.4 is 10.2 Å². The van der Waals surface area contributed by atoms with Gasteiger partial charge in [0.2, 0.25) is 5.91 Å². The smallest absolute Gasteiger partial charge is 0.230 e. The zero-order valence-electron chi connectivity index (χ0n) is 12.4. The quantitative estimate of drug-likeness (QED) is 0.860. The molecular formula is C16H16BrClN4O. The molecule has 1 fully saturated rings. The molecule has 120 valence electrons. The summed E-state index contributed by atoms with van der Waals surface area (Å²) in [6.07, 6.45) is 5.16. The number of hydrogen-bond acceptors (Lipinski definition) is 4. The minimum Gasteiger partial charge on any atom is -0.355 e. The van der Waals surface area contributed by atoms with Gasteiger partial charge in [-0.2, -0.15) is 0 Å². The molecule has 1 unspecified atom stereocenters. The van der Waals surface area contributed by atoms with E-state index in [1.807, 2.05) is 12.1 Å². The maximum atomic E-state index is 12.5. The molecular weight excluding hydrogens is 380 g/mol. The van der Waals surface area contributed by atoms with Crippen molar-refractivity contribution in [2.75, 3.05) is 23.3 Å². The fourth-order valence-electron chi connectivity index (χ4n) is 2.67. The van der Waals surface area contributed by atoms with E-state index in [0.717, 1.165) is 29.7 Å². The van der Waals surface area contributed by atoms with Crippen LogP contribution in [0.2, 0.25) is 5.02 Å². The Morgan fingerprint density at radius 2 is 2.22 bits per heavy atom. The molecule has 3 rings (SSSR count). The summed E-state index contributed by atoms with van der Waals surface area (Å²) in [6, 6.07) is 7.25. The highest BCUT2D eigenvalue weighted by molar-refractivity contribution is 9.10. The van der Waals surface area contributed by atoms with Gasteiger partial charge in [-0.3, -0.25) is 4.79 Å². The molecule has 0 radical (unpaired) electrons. The number of piperidine rings is 1. The van der Waals surface area contributed by atoms with Crippen molar-refractivity contribution in [3.8, 4) is 0 Å². The van der Waals surface area contributed by atoms with Crippen LogP contribution in [0.4, 0.5) is 11.6 Å². The van der Waals surface area contributed by atoms with Gasteiger partial charge in [0.25, 0.3) is 0 Å². The number of carbonyl (C=O) groups is 1. The summed E-state index contributed by atoms with van der Waals surface area (Å²) in [5, 5.41) is 3.49. The maximum absolute atomic E-state index is 12.5. The number of rotatable bonds is 3. The van der Waals surface area contributed by atoms with Crippen LogP contribution in [0.5, 0.6) is 0 Å². The first-order valence-corrected chi connectivity index (χ1v) is 8.58. The van der Waals surface area contributed by atoms with E-state index in [-0.39, 0.29) is 11.8 Å². The van der Waals surface area contributed by atoms with E-state index in [0.29, 0.717) is 17.4 Å². The minimum absolute atomic E-state index is 0.0171. The molecule has 0 aromatic carbocycles. The van der Waals surface area contributed by atoms with Crippen molar-refractivity contribution in [2.45, 2.75) is 12.8 Å².